The molecule has 0 heterocycles. The molecule has 1 N–H and O–H groups in total. The van der Waals surface area contributed by atoms with E-state index >= 15 is 0 Å². The minimum Gasteiger partial charge on any atom is -0.377 e. The zero-order valence-electron chi connectivity index (χ0n) is 22.0. The van der Waals surface area contributed by atoms with Gasteiger partial charge in [-0.15, -0.1) is 0 Å². The molecule has 0 aliphatic rings. The molecule has 3 aromatic rings. The summed E-state index contributed by atoms with van der Waals surface area (Å²) in [5.74, 6) is -0.470. The summed E-state index contributed by atoms with van der Waals surface area (Å²) in [6.45, 7) is 8.22. The highest BCUT2D eigenvalue weighted by Gasteiger charge is 2.31. The monoisotopic (exact) mass is 489 g/mol. The fraction of sp³-hybridized carbons (Fsp3) is 0.333. The van der Waals surface area contributed by atoms with E-state index in [1.54, 1.807) is 12.1 Å². The average Bonchev–Trinajstić information content (AvgIpc) is 2.83. The third-order valence-corrected chi connectivity index (χ3v) is 6.12. The van der Waals surface area contributed by atoms with Gasteiger partial charge in [0.05, 0.1) is 12.5 Å². The molecule has 3 rings (SSSR count). The summed E-state index contributed by atoms with van der Waals surface area (Å²) < 4.78 is 13.2. The maximum absolute atomic E-state index is 13.6. The van der Waals surface area contributed by atoms with Crippen molar-refractivity contribution in [2.75, 3.05) is 24.3 Å². The van der Waals surface area contributed by atoms with Crippen LogP contribution in [0.5, 0.6) is 0 Å². The highest BCUT2D eigenvalue weighted by Crippen LogP contribution is 2.32. The van der Waals surface area contributed by atoms with Crippen LogP contribution in [0.25, 0.3) is 0 Å². The molecule has 0 saturated heterocycles. The largest absolute Gasteiger partial charge is 0.377 e. The van der Waals surface area contributed by atoms with Crippen molar-refractivity contribution in [2.24, 2.45) is 5.41 Å². The summed E-state index contributed by atoms with van der Waals surface area (Å²) in [5, 5.41) is 2.95. The lowest BCUT2D eigenvalue weighted by atomic mass is 9.92. The molecule has 0 aromatic heterocycles. The number of anilines is 2. The summed E-state index contributed by atoms with van der Waals surface area (Å²) in [5.41, 5.74) is 3.79. The normalized spacial score (nSPS) is 12.1. The van der Waals surface area contributed by atoms with Gasteiger partial charge in [0.25, 0.3) is 0 Å². The van der Waals surface area contributed by atoms with Crippen molar-refractivity contribution in [3.05, 3.63) is 95.3 Å². The van der Waals surface area contributed by atoms with Crippen molar-refractivity contribution in [2.45, 2.75) is 46.7 Å². The summed E-state index contributed by atoms with van der Waals surface area (Å²) in [4.78, 5) is 30.2. The first-order valence-corrected chi connectivity index (χ1v) is 12.2. The van der Waals surface area contributed by atoms with Gasteiger partial charge in [-0.05, 0) is 53.9 Å². The lowest BCUT2D eigenvalue weighted by Crippen LogP contribution is -2.40. The second kappa shape index (κ2) is 11.4. The van der Waals surface area contributed by atoms with Gasteiger partial charge in [0.15, 0.2) is 0 Å². The number of carbonyl (C=O) groups excluding carboxylic acids is 2. The fourth-order valence-electron chi connectivity index (χ4n) is 4.13. The van der Waals surface area contributed by atoms with Crippen LogP contribution in [0.4, 0.5) is 15.8 Å². The van der Waals surface area contributed by atoms with Gasteiger partial charge in [0.2, 0.25) is 11.8 Å². The number of carbonyl (C=O) groups is 2. The van der Waals surface area contributed by atoms with Crippen molar-refractivity contribution in [3.8, 4) is 0 Å². The first kappa shape index (κ1) is 26.9. The summed E-state index contributed by atoms with van der Waals surface area (Å²) >= 11 is 0. The third kappa shape index (κ3) is 6.94. The van der Waals surface area contributed by atoms with Crippen LogP contribution in [-0.4, -0.2) is 30.8 Å². The van der Waals surface area contributed by atoms with Crippen LogP contribution in [0.15, 0.2) is 72.8 Å². The molecule has 6 heteroatoms. The molecule has 1 unspecified atom stereocenters. The van der Waals surface area contributed by atoms with E-state index in [-0.39, 0.29) is 30.1 Å². The Hall–Kier alpha value is -3.67. The van der Waals surface area contributed by atoms with E-state index < -0.39 is 5.41 Å². The highest BCUT2D eigenvalue weighted by molar-refractivity contribution is 5.92. The molecule has 5 nitrogen and oxygen atoms in total. The quantitative estimate of drug-likeness (QED) is 0.409. The number of rotatable bonds is 8. The van der Waals surface area contributed by atoms with Crippen LogP contribution in [0.2, 0.25) is 0 Å². The Morgan fingerprint density at radius 1 is 0.944 bits per heavy atom. The second-order valence-corrected chi connectivity index (χ2v) is 10.4. The molecule has 0 fully saturated rings. The van der Waals surface area contributed by atoms with Crippen molar-refractivity contribution < 1.29 is 14.0 Å². The van der Waals surface area contributed by atoms with Crippen LogP contribution in [0, 0.1) is 11.2 Å². The minimum atomic E-state index is -0.553. The molecule has 0 spiro atoms. The van der Waals surface area contributed by atoms with E-state index in [0.29, 0.717) is 12.2 Å². The first-order valence-electron chi connectivity index (χ1n) is 12.2. The Labute approximate surface area is 213 Å². The number of amides is 2. The van der Waals surface area contributed by atoms with Gasteiger partial charge in [0.1, 0.15) is 5.82 Å². The second-order valence-electron chi connectivity index (χ2n) is 10.4. The number of hydrogen-bond acceptors (Lipinski definition) is 3. The highest BCUT2D eigenvalue weighted by atomic mass is 19.1. The van der Waals surface area contributed by atoms with E-state index in [4.69, 9.17) is 0 Å². The molecule has 0 aliphatic heterocycles. The molecule has 2 amide bonds. The van der Waals surface area contributed by atoms with Gasteiger partial charge in [-0.1, -0.05) is 63.2 Å². The van der Waals surface area contributed by atoms with E-state index in [0.717, 1.165) is 22.4 Å². The SMILES string of the molecule is CC(c1ccccc1)N(Cc1cc(NC(=O)Cc2ccc(F)cc2)ccc1N(C)C)C(=O)C(C)(C)C. The van der Waals surface area contributed by atoms with Gasteiger partial charge in [-0.3, -0.25) is 9.59 Å². The zero-order valence-corrected chi connectivity index (χ0v) is 22.0. The molecule has 0 saturated carbocycles. The summed E-state index contributed by atoms with van der Waals surface area (Å²) in [7, 11) is 3.92. The molecule has 190 valence electrons. The third-order valence-electron chi connectivity index (χ3n) is 6.12. The Morgan fingerprint density at radius 2 is 1.58 bits per heavy atom. The maximum atomic E-state index is 13.6. The summed E-state index contributed by atoms with van der Waals surface area (Å²) in [6.07, 6.45) is 0.144. The first-order chi connectivity index (χ1) is 17.0. The van der Waals surface area contributed by atoms with Crippen LogP contribution in [0.1, 0.15) is 50.4 Å². The predicted octanol–water partition coefficient (Wildman–Crippen LogP) is 6.21. The molecule has 1 atom stereocenters. The van der Waals surface area contributed by atoms with E-state index in [9.17, 15) is 14.0 Å². The van der Waals surface area contributed by atoms with Gasteiger partial charge >= 0.3 is 0 Å². The topological polar surface area (TPSA) is 52.7 Å². The van der Waals surface area contributed by atoms with E-state index in [1.165, 1.54) is 12.1 Å². The van der Waals surface area contributed by atoms with Crippen LogP contribution < -0.4 is 10.2 Å². The molecular weight excluding hydrogens is 453 g/mol. The lowest BCUT2D eigenvalue weighted by Gasteiger charge is -2.35. The smallest absolute Gasteiger partial charge is 0.228 e. The maximum Gasteiger partial charge on any atom is 0.228 e. The minimum absolute atomic E-state index is 0.0503. The van der Waals surface area contributed by atoms with Crippen LogP contribution >= 0.6 is 0 Å². The van der Waals surface area contributed by atoms with Crippen molar-refractivity contribution in [3.63, 3.8) is 0 Å². The Kier molecular flexibility index (Phi) is 8.51. The Morgan fingerprint density at radius 3 is 2.17 bits per heavy atom. The van der Waals surface area contributed by atoms with Crippen LogP contribution in [0.3, 0.4) is 0 Å². The number of hydrogen-bond donors (Lipinski definition) is 1. The van der Waals surface area contributed by atoms with Crippen molar-refractivity contribution in [1.29, 1.82) is 0 Å². The van der Waals surface area contributed by atoms with E-state index in [1.807, 2.05) is 100 Å². The number of nitrogens with one attached hydrogen (secondary N) is 1. The standard InChI is InChI=1S/C30H36FN3O2/c1-21(23-10-8-7-9-11-23)34(29(36)30(2,3)4)20-24-19-26(16-17-27(24)33(5)6)32-28(35)18-22-12-14-25(31)15-13-22/h7-17,19,21H,18,20H2,1-6H3,(H,32,35). The fourth-order valence-corrected chi connectivity index (χ4v) is 4.13. The molecular formula is C30H36FN3O2. The molecule has 0 aliphatic carbocycles. The molecule has 0 radical (unpaired) electrons. The number of halogens is 1. The lowest BCUT2D eigenvalue weighted by molar-refractivity contribution is -0.142. The van der Waals surface area contributed by atoms with E-state index in [2.05, 4.69) is 5.32 Å². The Bertz CT molecular complexity index is 1190. The van der Waals surface area contributed by atoms with Crippen molar-refractivity contribution in [1.82, 2.24) is 4.90 Å². The summed E-state index contributed by atoms with van der Waals surface area (Å²) in [6, 6.07) is 21.5. The van der Waals surface area contributed by atoms with Crippen molar-refractivity contribution >= 4 is 23.2 Å². The van der Waals surface area contributed by atoms with Gasteiger partial charge in [0, 0.05) is 37.4 Å². The van der Waals surface area contributed by atoms with Gasteiger partial charge in [-0.2, -0.15) is 0 Å². The number of benzene rings is 3. The molecule has 36 heavy (non-hydrogen) atoms. The van der Waals surface area contributed by atoms with Gasteiger partial charge in [-0.25, -0.2) is 4.39 Å². The molecule has 0 bridgehead atoms. The van der Waals surface area contributed by atoms with Gasteiger partial charge < -0.3 is 15.1 Å². The molecule has 3 aromatic carbocycles. The zero-order chi connectivity index (χ0) is 26.5. The number of nitrogens with zero attached hydrogens (tertiary/aromatic N) is 2. The van der Waals surface area contributed by atoms with Crippen LogP contribution in [-0.2, 0) is 22.6 Å². The predicted molar refractivity (Wildman–Crippen MR) is 144 cm³/mol. The Balaban J connectivity index is 1.90. The average molecular weight is 490 g/mol.